The lowest BCUT2D eigenvalue weighted by molar-refractivity contribution is -0.385. The molecule has 180 valence electrons. The van der Waals surface area contributed by atoms with Crippen LogP contribution in [0.4, 0.5) is 5.69 Å². The number of nitrogens with zero attached hydrogens (tertiary/aromatic N) is 2. The summed E-state index contributed by atoms with van der Waals surface area (Å²) in [5.41, 5.74) is 2.91. The minimum Gasteiger partial charge on any atom is -0.493 e. The minimum absolute atomic E-state index is 0.0462. The highest BCUT2D eigenvalue weighted by Gasteiger charge is 2.17. The average Bonchev–Trinajstić information content (AvgIpc) is 2.83. The van der Waals surface area contributed by atoms with E-state index < -0.39 is 23.4 Å². The molecule has 0 unspecified atom stereocenters. The van der Waals surface area contributed by atoms with Crippen LogP contribution < -0.4 is 19.6 Å². The van der Waals surface area contributed by atoms with Crippen molar-refractivity contribution < 1.29 is 28.7 Å². The Balaban J connectivity index is 1.59. The maximum Gasteiger partial charge on any atom is 0.343 e. The number of hydrogen-bond acceptors (Lipinski definition) is 8. The fourth-order valence-corrected chi connectivity index (χ4v) is 3.48. The van der Waals surface area contributed by atoms with E-state index in [9.17, 15) is 19.7 Å². The van der Waals surface area contributed by atoms with Gasteiger partial charge in [0.1, 0.15) is 0 Å². The Hall–Kier alpha value is -3.77. The standard InChI is InChI=1S/C23H17Br2N3O7/c1-33-21-9-14(5-7-20(21)35-23(30)15-3-2-4-16(24)10-15)12-26-27-22(29)13-34-19-8-6-17(25)11-18(19)28(31)32/h2-12H,13H2,1H3,(H,27,29)/b26-12+. The summed E-state index contributed by atoms with van der Waals surface area (Å²) >= 11 is 6.45. The van der Waals surface area contributed by atoms with E-state index in [-0.39, 0.29) is 22.9 Å². The van der Waals surface area contributed by atoms with Crippen molar-refractivity contribution in [2.45, 2.75) is 0 Å². The Labute approximate surface area is 216 Å². The van der Waals surface area contributed by atoms with E-state index in [1.807, 2.05) is 0 Å². The maximum atomic E-state index is 12.4. The molecule has 3 rings (SSSR count). The van der Waals surface area contributed by atoms with Gasteiger partial charge in [0, 0.05) is 15.0 Å². The number of nitro groups is 1. The number of methoxy groups -OCH3 is 1. The monoisotopic (exact) mass is 605 g/mol. The summed E-state index contributed by atoms with van der Waals surface area (Å²) in [4.78, 5) is 34.9. The molecule has 0 fully saturated rings. The van der Waals surface area contributed by atoms with E-state index in [1.54, 1.807) is 42.5 Å². The number of rotatable bonds is 9. The predicted octanol–water partition coefficient (Wildman–Crippen LogP) is 4.88. The summed E-state index contributed by atoms with van der Waals surface area (Å²) in [7, 11) is 1.42. The van der Waals surface area contributed by atoms with Crippen molar-refractivity contribution in [2.75, 3.05) is 13.7 Å². The van der Waals surface area contributed by atoms with E-state index in [0.29, 0.717) is 15.6 Å². The molecule has 0 heterocycles. The lowest BCUT2D eigenvalue weighted by atomic mass is 10.2. The molecule has 1 N–H and O–H groups in total. The number of esters is 1. The topological polar surface area (TPSA) is 129 Å². The first kappa shape index (κ1) is 25.8. The normalized spacial score (nSPS) is 10.6. The number of benzene rings is 3. The molecular formula is C23H17Br2N3O7. The SMILES string of the molecule is COc1cc(/C=N/NC(=O)COc2ccc(Br)cc2[N+](=O)[O-])ccc1OC(=O)c1cccc(Br)c1. The molecular weight excluding hydrogens is 590 g/mol. The first-order valence-electron chi connectivity index (χ1n) is 9.81. The van der Waals surface area contributed by atoms with Gasteiger partial charge in [0.25, 0.3) is 5.91 Å². The van der Waals surface area contributed by atoms with E-state index in [4.69, 9.17) is 14.2 Å². The van der Waals surface area contributed by atoms with Crippen LogP contribution >= 0.6 is 31.9 Å². The van der Waals surface area contributed by atoms with Gasteiger partial charge < -0.3 is 14.2 Å². The fourth-order valence-electron chi connectivity index (χ4n) is 2.73. The second-order valence-electron chi connectivity index (χ2n) is 6.76. The fraction of sp³-hybridized carbons (Fsp3) is 0.0870. The summed E-state index contributed by atoms with van der Waals surface area (Å²) in [6.07, 6.45) is 1.35. The molecule has 3 aromatic carbocycles. The zero-order chi connectivity index (χ0) is 25.4. The van der Waals surface area contributed by atoms with Crippen molar-refractivity contribution in [3.05, 3.63) is 90.9 Å². The van der Waals surface area contributed by atoms with Gasteiger partial charge in [0.05, 0.1) is 23.8 Å². The highest BCUT2D eigenvalue weighted by atomic mass is 79.9. The Morgan fingerprint density at radius 2 is 1.77 bits per heavy atom. The first-order chi connectivity index (χ1) is 16.8. The highest BCUT2D eigenvalue weighted by Crippen LogP contribution is 2.30. The van der Waals surface area contributed by atoms with E-state index >= 15 is 0 Å². The van der Waals surface area contributed by atoms with Crippen molar-refractivity contribution in [3.63, 3.8) is 0 Å². The molecule has 35 heavy (non-hydrogen) atoms. The van der Waals surface area contributed by atoms with E-state index in [1.165, 1.54) is 31.5 Å². The van der Waals surface area contributed by atoms with Gasteiger partial charge in [0.2, 0.25) is 0 Å². The number of hydrazone groups is 1. The van der Waals surface area contributed by atoms with Gasteiger partial charge in [-0.1, -0.05) is 37.9 Å². The van der Waals surface area contributed by atoms with Crippen LogP contribution in [0.1, 0.15) is 15.9 Å². The molecule has 0 aliphatic carbocycles. The molecule has 3 aromatic rings. The van der Waals surface area contributed by atoms with Gasteiger partial charge >= 0.3 is 11.7 Å². The number of nitro benzene ring substituents is 1. The largest absolute Gasteiger partial charge is 0.493 e. The number of carbonyl (C=O) groups is 2. The van der Waals surface area contributed by atoms with Crippen LogP contribution in [0.3, 0.4) is 0 Å². The molecule has 0 spiro atoms. The number of amides is 1. The second kappa shape index (κ2) is 12.1. The maximum absolute atomic E-state index is 12.4. The third-order valence-corrected chi connectivity index (χ3v) is 5.32. The number of carbonyl (C=O) groups excluding carboxylic acids is 2. The summed E-state index contributed by atoms with van der Waals surface area (Å²) < 4.78 is 17.2. The van der Waals surface area contributed by atoms with E-state index in [2.05, 4.69) is 42.4 Å². The van der Waals surface area contributed by atoms with Crippen molar-refractivity contribution in [3.8, 4) is 17.2 Å². The molecule has 0 aliphatic heterocycles. The Morgan fingerprint density at radius 3 is 2.49 bits per heavy atom. The molecule has 0 bridgehead atoms. The number of hydrogen-bond donors (Lipinski definition) is 1. The third kappa shape index (κ3) is 7.36. The van der Waals surface area contributed by atoms with Gasteiger partial charge in [0.15, 0.2) is 23.9 Å². The molecule has 0 aromatic heterocycles. The molecule has 0 aliphatic rings. The van der Waals surface area contributed by atoms with Crippen LogP contribution in [0.25, 0.3) is 0 Å². The highest BCUT2D eigenvalue weighted by molar-refractivity contribution is 9.10. The smallest absolute Gasteiger partial charge is 0.343 e. The van der Waals surface area contributed by atoms with Gasteiger partial charge in [-0.3, -0.25) is 14.9 Å². The van der Waals surface area contributed by atoms with Crippen molar-refractivity contribution >= 4 is 55.6 Å². The van der Waals surface area contributed by atoms with Gasteiger partial charge in [-0.2, -0.15) is 5.10 Å². The Kier molecular flexibility index (Phi) is 8.92. The van der Waals surface area contributed by atoms with Crippen molar-refractivity contribution in [2.24, 2.45) is 5.10 Å². The summed E-state index contributed by atoms with van der Waals surface area (Å²) in [6, 6.07) is 15.7. The molecule has 0 radical (unpaired) electrons. The van der Waals surface area contributed by atoms with Crippen molar-refractivity contribution in [1.82, 2.24) is 5.43 Å². The molecule has 12 heteroatoms. The quantitative estimate of drug-likeness (QED) is 0.121. The summed E-state index contributed by atoms with van der Waals surface area (Å²) in [6.45, 7) is -0.479. The van der Waals surface area contributed by atoms with Crippen molar-refractivity contribution in [1.29, 1.82) is 0 Å². The number of nitrogens with one attached hydrogen (secondary N) is 1. The lowest BCUT2D eigenvalue weighted by Gasteiger charge is -2.10. The van der Waals surface area contributed by atoms with Gasteiger partial charge in [-0.05, 0) is 54.1 Å². The summed E-state index contributed by atoms with van der Waals surface area (Å²) in [5, 5.41) is 14.9. The zero-order valence-corrected chi connectivity index (χ0v) is 21.2. The predicted molar refractivity (Wildman–Crippen MR) is 134 cm³/mol. The number of halogens is 2. The van der Waals surface area contributed by atoms with Gasteiger partial charge in [-0.15, -0.1) is 0 Å². The number of ether oxygens (including phenoxy) is 3. The Bertz CT molecular complexity index is 1300. The van der Waals surface area contributed by atoms with E-state index in [0.717, 1.165) is 4.47 Å². The molecule has 0 saturated heterocycles. The minimum atomic E-state index is -0.620. The molecule has 10 nitrogen and oxygen atoms in total. The second-order valence-corrected chi connectivity index (χ2v) is 8.59. The third-order valence-electron chi connectivity index (χ3n) is 4.33. The van der Waals surface area contributed by atoms with Crippen LogP contribution in [-0.2, 0) is 4.79 Å². The lowest BCUT2D eigenvalue weighted by Crippen LogP contribution is -2.24. The molecule has 1 amide bonds. The zero-order valence-electron chi connectivity index (χ0n) is 18.1. The van der Waals surface area contributed by atoms with Crippen LogP contribution in [0, 0.1) is 10.1 Å². The van der Waals surface area contributed by atoms with Gasteiger partial charge in [-0.25, -0.2) is 10.2 Å². The van der Waals surface area contributed by atoms with Crippen LogP contribution in [0.2, 0.25) is 0 Å². The first-order valence-corrected chi connectivity index (χ1v) is 11.4. The molecule has 0 atom stereocenters. The molecule has 0 saturated carbocycles. The van der Waals surface area contributed by atoms with Crippen LogP contribution in [-0.4, -0.2) is 36.7 Å². The Morgan fingerprint density at radius 1 is 1.03 bits per heavy atom. The summed E-state index contributed by atoms with van der Waals surface area (Å²) in [5.74, 6) is -0.720. The van der Waals surface area contributed by atoms with Crippen LogP contribution in [0.15, 0.2) is 74.7 Å². The average molecular weight is 607 g/mol. The van der Waals surface area contributed by atoms with Crippen LogP contribution in [0.5, 0.6) is 17.2 Å².